The first-order valence-corrected chi connectivity index (χ1v) is 10.3. The fourth-order valence-corrected chi connectivity index (χ4v) is 4.09. The highest BCUT2D eigenvalue weighted by Gasteiger charge is 2.18. The maximum Gasteiger partial charge on any atom is 0.196 e. The van der Waals surface area contributed by atoms with Gasteiger partial charge in [0.1, 0.15) is 11.6 Å². The van der Waals surface area contributed by atoms with E-state index in [9.17, 15) is 8.78 Å². The van der Waals surface area contributed by atoms with Gasteiger partial charge in [0.25, 0.3) is 0 Å². The number of halogens is 4. The molecule has 3 nitrogen and oxygen atoms in total. The fraction of sp³-hybridized carbons (Fsp3) is 0.0476. The summed E-state index contributed by atoms with van der Waals surface area (Å²) in [6.45, 7) is 0. The van der Waals surface area contributed by atoms with Crippen LogP contribution in [0.15, 0.2) is 71.9 Å². The molecule has 0 atom stereocenters. The van der Waals surface area contributed by atoms with E-state index in [1.165, 1.54) is 30.0 Å². The maximum atomic E-state index is 14.0. The van der Waals surface area contributed by atoms with Crippen LogP contribution in [0.2, 0.25) is 10.0 Å². The Morgan fingerprint density at radius 3 is 2.21 bits per heavy atom. The third-order valence-corrected chi connectivity index (χ3v) is 5.65. The van der Waals surface area contributed by atoms with Gasteiger partial charge in [-0.2, -0.15) is 0 Å². The molecule has 0 saturated carbocycles. The minimum Gasteiger partial charge on any atom is -0.270 e. The normalized spacial score (nSPS) is 11.0. The largest absolute Gasteiger partial charge is 0.270 e. The average Bonchev–Trinajstić information content (AvgIpc) is 3.12. The van der Waals surface area contributed by atoms with E-state index in [0.29, 0.717) is 21.0 Å². The Balaban J connectivity index is 1.77. The first-order valence-electron chi connectivity index (χ1n) is 8.56. The summed E-state index contributed by atoms with van der Waals surface area (Å²) >= 11 is 13.3. The van der Waals surface area contributed by atoms with E-state index < -0.39 is 11.6 Å². The van der Waals surface area contributed by atoms with Gasteiger partial charge in [-0.15, -0.1) is 10.2 Å². The van der Waals surface area contributed by atoms with E-state index in [-0.39, 0.29) is 11.3 Å². The molecule has 0 spiro atoms. The van der Waals surface area contributed by atoms with Gasteiger partial charge in [-0.25, -0.2) is 8.78 Å². The molecular weight excluding hydrogens is 435 g/mol. The van der Waals surface area contributed by atoms with E-state index >= 15 is 0 Å². The molecule has 0 radical (unpaired) electrons. The molecule has 1 heterocycles. The molecule has 3 aromatic carbocycles. The molecule has 0 amide bonds. The predicted octanol–water partition coefficient (Wildman–Crippen LogP) is 6.81. The van der Waals surface area contributed by atoms with Gasteiger partial charge in [0, 0.05) is 32.6 Å². The Hall–Kier alpha value is -2.41. The summed E-state index contributed by atoms with van der Waals surface area (Å²) in [5.41, 5.74) is 1.53. The van der Waals surface area contributed by atoms with Crippen LogP contribution in [0.25, 0.3) is 17.1 Å². The summed E-state index contributed by atoms with van der Waals surface area (Å²) in [5, 5.41) is 10.2. The van der Waals surface area contributed by atoms with E-state index in [1.807, 2.05) is 28.8 Å². The summed E-state index contributed by atoms with van der Waals surface area (Å²) in [5.74, 6) is -0.554. The summed E-state index contributed by atoms with van der Waals surface area (Å²) < 4.78 is 29.8. The maximum absolute atomic E-state index is 14.0. The first-order chi connectivity index (χ1) is 14.0. The molecular formula is C21H13Cl2F2N3S. The number of nitrogens with zero attached hydrogens (tertiary/aromatic N) is 3. The number of aromatic nitrogens is 3. The molecule has 0 aliphatic heterocycles. The lowest BCUT2D eigenvalue weighted by atomic mass is 10.2. The lowest BCUT2D eigenvalue weighted by molar-refractivity contribution is 0.566. The highest BCUT2D eigenvalue weighted by Crippen LogP contribution is 2.32. The number of rotatable bonds is 5. The second-order valence-electron chi connectivity index (χ2n) is 6.12. The molecule has 0 bridgehead atoms. The van der Waals surface area contributed by atoms with Gasteiger partial charge in [0.2, 0.25) is 0 Å². The van der Waals surface area contributed by atoms with Crippen LogP contribution >= 0.6 is 35.0 Å². The van der Waals surface area contributed by atoms with Crippen molar-refractivity contribution in [2.75, 3.05) is 0 Å². The van der Waals surface area contributed by atoms with Gasteiger partial charge in [-0.1, -0.05) is 53.2 Å². The molecule has 0 aliphatic rings. The average molecular weight is 448 g/mol. The highest BCUT2D eigenvalue weighted by atomic mass is 35.5. The van der Waals surface area contributed by atoms with Crippen molar-refractivity contribution in [2.24, 2.45) is 0 Å². The molecule has 8 heteroatoms. The number of benzene rings is 3. The summed E-state index contributed by atoms with van der Waals surface area (Å²) in [4.78, 5) is 0. The second-order valence-corrected chi connectivity index (χ2v) is 7.93. The van der Waals surface area contributed by atoms with Crippen molar-refractivity contribution in [1.82, 2.24) is 14.8 Å². The molecule has 29 heavy (non-hydrogen) atoms. The molecule has 0 saturated heterocycles. The second kappa shape index (κ2) is 8.53. The Bertz CT molecular complexity index is 1140. The number of thioether (sulfide) groups is 1. The van der Waals surface area contributed by atoms with Gasteiger partial charge >= 0.3 is 0 Å². The predicted molar refractivity (Wildman–Crippen MR) is 113 cm³/mol. The van der Waals surface area contributed by atoms with Gasteiger partial charge in [-0.05, 0) is 48.5 Å². The zero-order valence-electron chi connectivity index (χ0n) is 14.8. The highest BCUT2D eigenvalue weighted by molar-refractivity contribution is 7.98. The Kier molecular flexibility index (Phi) is 5.85. The van der Waals surface area contributed by atoms with Crippen molar-refractivity contribution in [3.05, 3.63) is 94.0 Å². The van der Waals surface area contributed by atoms with Gasteiger partial charge in [0.05, 0.1) is 0 Å². The Morgan fingerprint density at radius 2 is 1.52 bits per heavy atom. The summed E-state index contributed by atoms with van der Waals surface area (Å²) in [6, 6.07) is 18.2. The molecule has 146 valence electrons. The van der Waals surface area contributed by atoms with Gasteiger partial charge in [0.15, 0.2) is 11.0 Å². The number of hydrogen-bond acceptors (Lipinski definition) is 3. The molecule has 0 N–H and O–H groups in total. The standard InChI is InChI=1S/C21H13Cl2F2N3S/c22-14-7-9-16(10-8-14)28-20(13-3-1-4-15(23)11-13)26-27-21(28)29-12-17-18(24)5-2-6-19(17)25/h1-11H,12H2. The van der Waals surface area contributed by atoms with E-state index in [4.69, 9.17) is 23.2 Å². The molecule has 4 rings (SSSR count). The van der Waals surface area contributed by atoms with Gasteiger partial charge in [-0.3, -0.25) is 4.57 Å². The monoisotopic (exact) mass is 447 g/mol. The lowest BCUT2D eigenvalue weighted by Crippen LogP contribution is -2.00. The number of hydrogen-bond donors (Lipinski definition) is 0. The van der Waals surface area contributed by atoms with Crippen LogP contribution in [0.1, 0.15) is 5.56 Å². The summed E-state index contributed by atoms with van der Waals surface area (Å²) in [7, 11) is 0. The van der Waals surface area contributed by atoms with E-state index in [1.54, 1.807) is 24.3 Å². The SMILES string of the molecule is Fc1cccc(F)c1CSc1nnc(-c2cccc(Cl)c2)n1-c1ccc(Cl)cc1. The molecule has 0 unspecified atom stereocenters. The van der Waals surface area contributed by atoms with Crippen molar-refractivity contribution >= 4 is 35.0 Å². The van der Waals surface area contributed by atoms with Crippen LogP contribution in [0.3, 0.4) is 0 Å². The van der Waals surface area contributed by atoms with Gasteiger partial charge < -0.3 is 0 Å². The third kappa shape index (κ3) is 4.29. The molecule has 0 aliphatic carbocycles. The van der Waals surface area contributed by atoms with Crippen molar-refractivity contribution in [2.45, 2.75) is 10.9 Å². The Morgan fingerprint density at radius 1 is 0.828 bits per heavy atom. The third-order valence-electron chi connectivity index (χ3n) is 4.21. The zero-order chi connectivity index (χ0) is 20.4. The summed E-state index contributed by atoms with van der Waals surface area (Å²) in [6.07, 6.45) is 0. The molecule has 0 fully saturated rings. The molecule has 1 aromatic heterocycles. The Labute approximate surface area is 180 Å². The van der Waals surface area contributed by atoms with Crippen molar-refractivity contribution in [1.29, 1.82) is 0 Å². The van der Waals surface area contributed by atoms with Crippen LogP contribution in [0, 0.1) is 11.6 Å². The minimum atomic E-state index is -0.592. The quantitative estimate of drug-likeness (QED) is 0.314. The van der Waals surface area contributed by atoms with E-state index in [2.05, 4.69) is 10.2 Å². The van der Waals surface area contributed by atoms with Crippen LogP contribution in [0.4, 0.5) is 8.78 Å². The lowest BCUT2D eigenvalue weighted by Gasteiger charge is -2.11. The topological polar surface area (TPSA) is 30.7 Å². The first kappa shape index (κ1) is 19.9. The fourth-order valence-electron chi connectivity index (χ4n) is 2.81. The smallest absolute Gasteiger partial charge is 0.196 e. The van der Waals surface area contributed by atoms with Crippen LogP contribution < -0.4 is 0 Å². The van der Waals surface area contributed by atoms with Crippen molar-refractivity contribution in [3.8, 4) is 17.1 Å². The minimum absolute atomic E-state index is 0.00698. The van der Waals surface area contributed by atoms with Crippen molar-refractivity contribution in [3.63, 3.8) is 0 Å². The van der Waals surface area contributed by atoms with Crippen molar-refractivity contribution < 1.29 is 8.78 Å². The zero-order valence-corrected chi connectivity index (χ0v) is 17.1. The van der Waals surface area contributed by atoms with Crippen LogP contribution in [-0.4, -0.2) is 14.8 Å². The van der Waals surface area contributed by atoms with Crippen LogP contribution in [0.5, 0.6) is 0 Å². The van der Waals surface area contributed by atoms with E-state index in [0.717, 1.165) is 11.3 Å². The van der Waals surface area contributed by atoms with Crippen LogP contribution in [-0.2, 0) is 5.75 Å². The molecule has 4 aromatic rings.